The van der Waals surface area contributed by atoms with Crippen molar-refractivity contribution in [2.75, 3.05) is 13.1 Å². The minimum atomic E-state index is -0.455. The average Bonchev–Trinajstić information content (AvgIpc) is 2.30. The zero-order valence-corrected chi connectivity index (χ0v) is 13.9. The number of amides is 2. The quantitative estimate of drug-likeness (QED) is 0.564. The van der Waals surface area contributed by atoms with Crippen LogP contribution in [-0.4, -0.2) is 30.9 Å². The fourth-order valence-electron chi connectivity index (χ4n) is 1.73. The van der Waals surface area contributed by atoms with Gasteiger partial charge in [-0.3, -0.25) is 9.59 Å². The van der Waals surface area contributed by atoms with Crippen molar-refractivity contribution in [2.45, 2.75) is 53.0 Å². The van der Waals surface area contributed by atoms with Gasteiger partial charge in [-0.2, -0.15) is 0 Å². The van der Waals surface area contributed by atoms with E-state index >= 15 is 0 Å². The maximum Gasteiger partial charge on any atom is 0.242 e. The number of rotatable bonds is 9. The Kier molecular flexibility index (Phi) is 12.9. The first kappa shape index (κ1) is 21.5. The highest BCUT2D eigenvalue weighted by Crippen LogP contribution is 2.05. The van der Waals surface area contributed by atoms with Gasteiger partial charge in [0.05, 0.1) is 0 Å². The smallest absolute Gasteiger partial charge is 0.242 e. The van der Waals surface area contributed by atoms with Crippen molar-refractivity contribution in [3.05, 3.63) is 0 Å². The zero-order valence-electron chi connectivity index (χ0n) is 13.1. The van der Waals surface area contributed by atoms with Gasteiger partial charge in [0, 0.05) is 13.0 Å². The number of hydrogen-bond donors (Lipinski definition) is 3. The molecule has 0 aromatic heterocycles. The summed E-state index contributed by atoms with van der Waals surface area (Å²) in [7, 11) is 0. The van der Waals surface area contributed by atoms with Crippen LogP contribution in [0.5, 0.6) is 0 Å². The molecule has 4 N–H and O–H groups in total. The third-order valence-corrected chi connectivity index (χ3v) is 2.79. The second-order valence-corrected chi connectivity index (χ2v) is 5.67. The molecule has 1 atom stereocenters. The summed E-state index contributed by atoms with van der Waals surface area (Å²) in [5.74, 6) is 0.195. The molecule has 0 aliphatic rings. The van der Waals surface area contributed by atoms with Crippen molar-refractivity contribution in [3.63, 3.8) is 0 Å². The van der Waals surface area contributed by atoms with Crippen molar-refractivity contribution < 1.29 is 9.59 Å². The zero-order chi connectivity index (χ0) is 14.8. The molecule has 2 amide bonds. The molecule has 0 saturated carbocycles. The lowest BCUT2D eigenvalue weighted by Gasteiger charge is -2.22. The highest BCUT2D eigenvalue weighted by Gasteiger charge is 2.23. The molecular weight excluding hydrogens is 278 g/mol. The van der Waals surface area contributed by atoms with E-state index in [9.17, 15) is 9.59 Å². The van der Waals surface area contributed by atoms with Gasteiger partial charge in [0.1, 0.15) is 6.04 Å². The number of carbonyl (C=O) groups is 2. The van der Waals surface area contributed by atoms with Crippen molar-refractivity contribution in [1.82, 2.24) is 10.6 Å². The molecule has 0 aromatic carbocycles. The van der Waals surface area contributed by atoms with E-state index < -0.39 is 6.04 Å². The van der Waals surface area contributed by atoms with Gasteiger partial charge in [-0.05, 0) is 31.2 Å². The van der Waals surface area contributed by atoms with Gasteiger partial charge in [-0.1, -0.05) is 27.7 Å². The molecule has 0 bridgehead atoms. The number of nitrogens with two attached hydrogens (primary N) is 1. The number of carbonyl (C=O) groups excluding carboxylic acids is 2. The van der Waals surface area contributed by atoms with E-state index in [1.807, 2.05) is 27.7 Å². The van der Waals surface area contributed by atoms with Crippen LogP contribution in [0, 0.1) is 11.8 Å². The predicted octanol–water partition coefficient (Wildman–Crippen LogP) is 1.45. The van der Waals surface area contributed by atoms with Crippen molar-refractivity contribution in [1.29, 1.82) is 0 Å². The van der Waals surface area contributed by atoms with Crippen LogP contribution < -0.4 is 16.4 Å². The van der Waals surface area contributed by atoms with Gasteiger partial charge < -0.3 is 16.4 Å². The Morgan fingerprint density at radius 1 is 1.10 bits per heavy atom. The molecule has 0 aliphatic heterocycles. The van der Waals surface area contributed by atoms with Crippen LogP contribution in [0.1, 0.15) is 47.0 Å². The fourth-order valence-corrected chi connectivity index (χ4v) is 1.73. The Morgan fingerprint density at radius 2 is 1.70 bits per heavy atom. The van der Waals surface area contributed by atoms with Crippen LogP contribution in [0.4, 0.5) is 0 Å². The molecule has 0 aliphatic carbocycles. The van der Waals surface area contributed by atoms with E-state index in [2.05, 4.69) is 10.6 Å². The first-order chi connectivity index (χ1) is 8.88. The molecule has 5 nitrogen and oxygen atoms in total. The molecule has 1 unspecified atom stereocenters. The molecule has 0 radical (unpaired) electrons. The van der Waals surface area contributed by atoms with Crippen molar-refractivity contribution in [2.24, 2.45) is 17.6 Å². The summed E-state index contributed by atoms with van der Waals surface area (Å²) < 4.78 is 0. The minimum absolute atomic E-state index is 0. The molecule has 0 saturated heterocycles. The van der Waals surface area contributed by atoms with Gasteiger partial charge in [-0.15, -0.1) is 12.4 Å². The van der Waals surface area contributed by atoms with E-state index in [-0.39, 0.29) is 30.1 Å². The summed E-state index contributed by atoms with van der Waals surface area (Å²) in [6.07, 6.45) is 2.21. The molecule has 0 spiro atoms. The van der Waals surface area contributed by atoms with Crippen LogP contribution in [0.15, 0.2) is 0 Å². The summed E-state index contributed by atoms with van der Waals surface area (Å²) in [4.78, 5) is 23.8. The third kappa shape index (κ3) is 10.0. The van der Waals surface area contributed by atoms with Crippen molar-refractivity contribution >= 4 is 24.2 Å². The Balaban J connectivity index is 0. The predicted molar refractivity (Wildman–Crippen MR) is 84.8 cm³/mol. The maximum atomic E-state index is 12.0. The number of hydrogen-bond acceptors (Lipinski definition) is 3. The largest absolute Gasteiger partial charge is 0.354 e. The summed E-state index contributed by atoms with van der Waals surface area (Å²) in [6.45, 7) is 9.07. The number of nitrogens with one attached hydrogen (secondary N) is 2. The van der Waals surface area contributed by atoms with E-state index in [1.165, 1.54) is 0 Å². The maximum absolute atomic E-state index is 12.0. The minimum Gasteiger partial charge on any atom is -0.354 e. The third-order valence-electron chi connectivity index (χ3n) is 2.79. The van der Waals surface area contributed by atoms with Crippen LogP contribution in [0.25, 0.3) is 0 Å². The Morgan fingerprint density at radius 3 is 2.15 bits per heavy atom. The first-order valence-corrected chi connectivity index (χ1v) is 7.15. The summed E-state index contributed by atoms with van der Waals surface area (Å²) >= 11 is 0. The van der Waals surface area contributed by atoms with Crippen LogP contribution in [0.3, 0.4) is 0 Å². The van der Waals surface area contributed by atoms with Gasteiger partial charge in [0.2, 0.25) is 11.8 Å². The topological polar surface area (TPSA) is 84.2 Å². The molecule has 120 valence electrons. The van der Waals surface area contributed by atoms with Crippen LogP contribution in [-0.2, 0) is 9.59 Å². The summed E-state index contributed by atoms with van der Waals surface area (Å²) in [6, 6.07) is -0.455. The highest BCUT2D eigenvalue weighted by molar-refractivity contribution is 5.87. The van der Waals surface area contributed by atoms with Gasteiger partial charge in [0.15, 0.2) is 0 Å². The van der Waals surface area contributed by atoms with Gasteiger partial charge >= 0.3 is 0 Å². The summed E-state index contributed by atoms with van der Waals surface area (Å²) in [5.41, 5.74) is 5.40. The second kappa shape index (κ2) is 12.0. The van der Waals surface area contributed by atoms with E-state index in [1.54, 1.807) is 0 Å². The molecule has 6 heteroatoms. The summed E-state index contributed by atoms with van der Waals surface area (Å²) in [5, 5.41) is 5.66. The Bertz CT molecular complexity index is 284. The average molecular weight is 308 g/mol. The molecule has 0 heterocycles. The first-order valence-electron chi connectivity index (χ1n) is 7.15. The van der Waals surface area contributed by atoms with Crippen LogP contribution in [0.2, 0.25) is 0 Å². The normalized spacial score (nSPS) is 11.9. The number of unbranched alkanes of at least 4 members (excludes halogenated alkanes) is 1. The van der Waals surface area contributed by atoms with Gasteiger partial charge in [0.25, 0.3) is 0 Å². The second-order valence-electron chi connectivity index (χ2n) is 5.67. The van der Waals surface area contributed by atoms with E-state index in [0.29, 0.717) is 25.4 Å². The van der Waals surface area contributed by atoms with Gasteiger partial charge in [-0.25, -0.2) is 0 Å². The Labute approximate surface area is 128 Å². The lowest BCUT2D eigenvalue weighted by Crippen LogP contribution is -2.50. The molecule has 0 rings (SSSR count). The van der Waals surface area contributed by atoms with Crippen molar-refractivity contribution in [3.8, 4) is 0 Å². The van der Waals surface area contributed by atoms with E-state index in [4.69, 9.17) is 5.73 Å². The van der Waals surface area contributed by atoms with E-state index in [0.717, 1.165) is 12.8 Å². The van der Waals surface area contributed by atoms with Crippen LogP contribution >= 0.6 is 12.4 Å². The number of halogens is 1. The molecular formula is C14H30ClN3O2. The monoisotopic (exact) mass is 307 g/mol. The highest BCUT2D eigenvalue weighted by atomic mass is 35.5. The molecule has 20 heavy (non-hydrogen) atoms. The Hall–Kier alpha value is -0.810. The molecule has 0 fully saturated rings. The fraction of sp³-hybridized carbons (Fsp3) is 0.857. The SMILES string of the molecule is CC(C)CC(=O)NC(C(=O)NCCCCN)C(C)C.Cl. The standard InChI is InChI=1S/C14H29N3O2.ClH/c1-10(2)9-12(18)17-13(11(3)4)14(19)16-8-6-5-7-15;/h10-11,13H,5-9,15H2,1-4H3,(H,16,19)(H,17,18);1H. The molecule has 0 aromatic rings. The lowest BCUT2D eigenvalue weighted by molar-refractivity contribution is -0.130. The lowest BCUT2D eigenvalue weighted by atomic mass is 10.0.